The summed E-state index contributed by atoms with van der Waals surface area (Å²) < 4.78 is 75.7. The van der Waals surface area contributed by atoms with E-state index in [4.69, 9.17) is 0 Å². The molecule has 0 spiro atoms. The minimum Gasteiger partial charge on any atom is -0.429 e. The van der Waals surface area contributed by atoms with Crippen LogP contribution in [0.3, 0.4) is 0 Å². The van der Waals surface area contributed by atoms with Gasteiger partial charge in [-0.15, -0.1) is 0 Å². The number of ether oxygens (including phenoxy) is 1. The van der Waals surface area contributed by atoms with Crippen molar-refractivity contribution in [3.05, 3.63) is 88.7 Å². The van der Waals surface area contributed by atoms with Crippen molar-refractivity contribution in [2.75, 3.05) is 0 Å². The van der Waals surface area contributed by atoms with Crippen molar-refractivity contribution in [1.29, 1.82) is 0 Å². The molecule has 0 aliphatic heterocycles. The van der Waals surface area contributed by atoms with Crippen molar-refractivity contribution in [2.24, 2.45) is 5.92 Å². The molecule has 180 valence electrons. The van der Waals surface area contributed by atoms with Gasteiger partial charge in [0.15, 0.2) is 0 Å². The van der Waals surface area contributed by atoms with E-state index in [9.17, 15) is 22.0 Å². The summed E-state index contributed by atoms with van der Waals surface area (Å²) in [5.41, 5.74) is 1.10. The Kier molecular flexibility index (Phi) is 7.12. The first-order valence-corrected chi connectivity index (χ1v) is 13.0. The van der Waals surface area contributed by atoms with Crippen molar-refractivity contribution >= 4 is 10.2 Å². The first kappa shape index (κ1) is 24.5. The van der Waals surface area contributed by atoms with Crippen molar-refractivity contribution in [1.82, 2.24) is 0 Å². The largest absolute Gasteiger partial charge is 0.429 e. The smallest absolute Gasteiger partial charge is 0.429 e. The fourth-order valence-corrected chi connectivity index (χ4v) is 5.48. The Bertz CT molecular complexity index is 1130. The van der Waals surface area contributed by atoms with Crippen LogP contribution in [0.2, 0.25) is 6.04 Å². The van der Waals surface area contributed by atoms with Crippen LogP contribution in [0.4, 0.5) is 22.0 Å². The van der Waals surface area contributed by atoms with Gasteiger partial charge in [0.2, 0.25) is 0 Å². The zero-order valence-corrected chi connectivity index (χ0v) is 21.2. The summed E-state index contributed by atoms with van der Waals surface area (Å²) in [5, 5.41) is 0. The first-order chi connectivity index (χ1) is 16.2. The Morgan fingerprint density at radius 1 is 0.824 bits per heavy atom. The van der Waals surface area contributed by atoms with E-state index < -0.39 is 34.9 Å². The average molecular weight is 491 g/mol. The highest BCUT2D eigenvalue weighted by Crippen LogP contribution is 2.38. The summed E-state index contributed by atoms with van der Waals surface area (Å²) >= 11 is 0. The lowest BCUT2D eigenvalue weighted by Gasteiger charge is -2.28. The van der Waals surface area contributed by atoms with Crippen LogP contribution in [0.5, 0.6) is 5.75 Å². The summed E-state index contributed by atoms with van der Waals surface area (Å²) in [6.45, 7) is 1.18. The highest BCUT2D eigenvalue weighted by atomic mass is 28.1. The minimum atomic E-state index is -4.11. The molecular formula is C27H27F5OSi. The molecule has 0 radical (unpaired) electrons. The molecule has 0 N–H and O–H groups in total. The Morgan fingerprint density at radius 3 is 1.97 bits per heavy atom. The van der Waals surface area contributed by atoms with Gasteiger partial charge in [-0.25, -0.2) is 13.2 Å². The van der Waals surface area contributed by atoms with Crippen LogP contribution in [-0.4, -0.2) is 10.2 Å². The summed E-state index contributed by atoms with van der Waals surface area (Å²) in [7, 11) is 1.25. The molecule has 7 heteroatoms. The van der Waals surface area contributed by atoms with E-state index in [0.29, 0.717) is 29.2 Å². The topological polar surface area (TPSA) is 9.23 Å². The van der Waals surface area contributed by atoms with E-state index in [1.807, 2.05) is 24.3 Å². The maximum absolute atomic E-state index is 14.7. The number of alkyl halides is 2. The fraction of sp³-hybridized carbons (Fsp3) is 0.333. The van der Waals surface area contributed by atoms with E-state index in [1.54, 1.807) is 0 Å². The first-order valence-electron chi connectivity index (χ1n) is 11.6. The normalized spacial score (nSPS) is 18.8. The van der Waals surface area contributed by atoms with Gasteiger partial charge in [-0.2, -0.15) is 8.78 Å². The van der Waals surface area contributed by atoms with E-state index >= 15 is 0 Å². The maximum Gasteiger partial charge on any atom is 0.429 e. The van der Waals surface area contributed by atoms with E-state index in [0.717, 1.165) is 18.1 Å². The van der Waals surface area contributed by atoms with Gasteiger partial charge in [0.05, 0.1) is 5.56 Å². The Labute approximate surface area is 199 Å². The van der Waals surface area contributed by atoms with E-state index in [2.05, 4.69) is 4.74 Å². The molecule has 1 aliphatic rings. The highest BCUT2D eigenvalue weighted by molar-refractivity contribution is 6.08. The molecule has 4 rings (SSSR count). The molecule has 0 atom stereocenters. The van der Waals surface area contributed by atoms with Gasteiger partial charge in [0.1, 0.15) is 23.2 Å². The quantitative estimate of drug-likeness (QED) is 0.261. The van der Waals surface area contributed by atoms with Crippen molar-refractivity contribution in [2.45, 2.75) is 50.7 Å². The Balaban J connectivity index is 1.50. The van der Waals surface area contributed by atoms with Crippen molar-refractivity contribution in [3.8, 4) is 16.9 Å². The Morgan fingerprint density at radius 2 is 1.41 bits per heavy atom. The van der Waals surface area contributed by atoms with Gasteiger partial charge >= 0.3 is 6.11 Å². The lowest BCUT2D eigenvalue weighted by molar-refractivity contribution is -0.187. The second kappa shape index (κ2) is 9.90. The van der Waals surface area contributed by atoms with Crippen LogP contribution in [0, 0.1) is 30.3 Å². The number of rotatable bonds is 6. The van der Waals surface area contributed by atoms with E-state index in [-0.39, 0.29) is 5.56 Å². The third-order valence-electron chi connectivity index (χ3n) is 6.92. The van der Waals surface area contributed by atoms with Crippen molar-refractivity contribution in [3.63, 3.8) is 0 Å². The van der Waals surface area contributed by atoms with Gasteiger partial charge in [-0.05, 0) is 60.4 Å². The summed E-state index contributed by atoms with van der Waals surface area (Å²) in [6, 6.07) is 13.8. The zero-order valence-electron chi connectivity index (χ0n) is 19.2. The standard InChI is InChI=1S/C27H27F5OSi/c1-16-24(28)13-22(14-25(16)29)33-27(31,32)23-11-10-21(12-26(23)30)20-8-6-19(7-9-20)18-4-2-17(15-34)3-5-18/h6-14,17-18H,2-5,15H2,1,34H3. The van der Waals surface area contributed by atoms with Gasteiger partial charge in [0.25, 0.3) is 0 Å². The number of benzene rings is 3. The molecule has 1 fully saturated rings. The Hall–Kier alpha value is -2.67. The van der Waals surface area contributed by atoms with Crippen LogP contribution < -0.4 is 4.74 Å². The van der Waals surface area contributed by atoms with Crippen LogP contribution in [0.15, 0.2) is 54.6 Å². The van der Waals surface area contributed by atoms with Crippen LogP contribution >= 0.6 is 0 Å². The summed E-state index contributed by atoms with van der Waals surface area (Å²) in [5.74, 6) is -2.53. The third kappa shape index (κ3) is 5.19. The molecule has 1 saturated carbocycles. The SMILES string of the molecule is Cc1c(F)cc(OC(F)(F)c2ccc(-c3ccc(C4CCC(C[SiH3])CC4)cc3)cc2F)cc1F. The van der Waals surface area contributed by atoms with Gasteiger partial charge in [-0.1, -0.05) is 49.2 Å². The minimum absolute atomic E-state index is 0.313. The number of hydrogen-bond acceptors (Lipinski definition) is 1. The molecule has 3 aromatic rings. The molecule has 0 unspecified atom stereocenters. The molecule has 1 aliphatic carbocycles. The summed E-state index contributed by atoms with van der Waals surface area (Å²) in [4.78, 5) is 0. The zero-order chi connectivity index (χ0) is 24.5. The molecule has 3 aromatic carbocycles. The van der Waals surface area contributed by atoms with Crippen molar-refractivity contribution < 1.29 is 26.7 Å². The second-order valence-electron chi connectivity index (χ2n) is 9.07. The van der Waals surface area contributed by atoms with Crippen LogP contribution in [0.1, 0.15) is 48.3 Å². The molecule has 0 saturated heterocycles. The van der Waals surface area contributed by atoms with Gasteiger partial charge < -0.3 is 4.74 Å². The molecule has 0 heterocycles. The molecule has 0 amide bonds. The average Bonchev–Trinajstić information content (AvgIpc) is 2.82. The van der Waals surface area contributed by atoms with Crippen LogP contribution in [0.25, 0.3) is 11.1 Å². The van der Waals surface area contributed by atoms with Gasteiger partial charge in [0, 0.05) is 27.9 Å². The number of hydrogen-bond donors (Lipinski definition) is 0. The predicted molar refractivity (Wildman–Crippen MR) is 127 cm³/mol. The maximum atomic E-state index is 14.7. The van der Waals surface area contributed by atoms with Gasteiger partial charge in [-0.3, -0.25) is 0 Å². The lowest BCUT2D eigenvalue weighted by atomic mass is 9.79. The van der Waals surface area contributed by atoms with E-state index in [1.165, 1.54) is 60.5 Å². The monoisotopic (exact) mass is 490 g/mol. The summed E-state index contributed by atoms with van der Waals surface area (Å²) in [6.07, 6.45) is 0.779. The molecule has 1 nitrogen and oxygen atoms in total. The second-order valence-corrected chi connectivity index (χ2v) is 9.89. The highest BCUT2D eigenvalue weighted by Gasteiger charge is 2.38. The number of halogens is 5. The molecule has 0 bridgehead atoms. The predicted octanol–water partition coefficient (Wildman–Crippen LogP) is 7.27. The van der Waals surface area contributed by atoms with Crippen LogP contribution in [-0.2, 0) is 6.11 Å². The molecule has 0 aromatic heterocycles. The molecular weight excluding hydrogens is 463 g/mol. The lowest BCUT2D eigenvalue weighted by Crippen LogP contribution is -2.23. The third-order valence-corrected chi connectivity index (χ3v) is 8.08. The molecule has 34 heavy (non-hydrogen) atoms. The fourth-order valence-electron chi connectivity index (χ4n) is 4.67.